The van der Waals surface area contributed by atoms with Gasteiger partial charge in [0.1, 0.15) is 16.5 Å². The molecule has 1 aromatic rings. The number of phenols is 1. The maximum Gasteiger partial charge on any atom is 0.335 e. The number of aromatic hydroxyl groups is 1. The van der Waals surface area contributed by atoms with E-state index < -0.39 is 26.7 Å². The first-order valence-corrected chi connectivity index (χ1v) is 4.23. The Bertz CT molecular complexity index is 399. The molecule has 0 aromatic heterocycles. The summed E-state index contributed by atoms with van der Waals surface area (Å²) < 4.78 is 44.9. The third-order valence-corrected chi connectivity index (χ3v) is 2.05. The molecule has 0 aliphatic carbocycles. The summed E-state index contributed by atoms with van der Waals surface area (Å²) in [5.74, 6) is -1.77. The van der Waals surface area contributed by atoms with Gasteiger partial charge >= 0.3 is 10.2 Å². The van der Waals surface area contributed by atoms with E-state index in [0.29, 0.717) is 12.1 Å². The van der Waals surface area contributed by atoms with Crippen molar-refractivity contribution in [1.82, 2.24) is 0 Å². The fourth-order valence-corrected chi connectivity index (χ4v) is 1.24. The highest BCUT2D eigenvalue weighted by Gasteiger charge is 2.17. The Hall–Kier alpha value is -1.17. The standard InChI is InChI=1S/C6H4F2O3S/c7-4-1-2-6(5(9)3-4)12(8,10)11/h1-3,9H. The Kier molecular flexibility index (Phi) is 2.01. The summed E-state index contributed by atoms with van der Waals surface area (Å²) in [6, 6.07) is 1.92. The maximum absolute atomic E-state index is 12.3. The van der Waals surface area contributed by atoms with Gasteiger partial charge in [-0.25, -0.2) is 4.39 Å². The van der Waals surface area contributed by atoms with Crippen LogP contribution in [0.4, 0.5) is 8.28 Å². The number of benzene rings is 1. The molecule has 0 aliphatic heterocycles. The van der Waals surface area contributed by atoms with Gasteiger partial charge in [0.2, 0.25) is 0 Å². The first kappa shape index (κ1) is 8.92. The van der Waals surface area contributed by atoms with E-state index in [1.165, 1.54) is 0 Å². The van der Waals surface area contributed by atoms with E-state index in [4.69, 9.17) is 5.11 Å². The van der Waals surface area contributed by atoms with Crippen molar-refractivity contribution in [3.63, 3.8) is 0 Å². The minimum absolute atomic E-state index is 0.520. The molecule has 1 aromatic carbocycles. The highest BCUT2D eigenvalue weighted by molar-refractivity contribution is 7.86. The second-order valence-electron chi connectivity index (χ2n) is 2.05. The van der Waals surface area contributed by atoms with E-state index in [1.807, 2.05) is 0 Å². The fourth-order valence-electron chi connectivity index (χ4n) is 0.697. The predicted molar refractivity (Wildman–Crippen MR) is 36.4 cm³/mol. The second-order valence-corrected chi connectivity index (χ2v) is 3.37. The molecule has 0 bridgehead atoms. The summed E-state index contributed by atoms with van der Waals surface area (Å²) in [5, 5.41) is 8.77. The zero-order valence-electron chi connectivity index (χ0n) is 5.66. The molecular weight excluding hydrogens is 190 g/mol. The van der Waals surface area contributed by atoms with Crippen LogP contribution in [0.25, 0.3) is 0 Å². The summed E-state index contributed by atoms with van der Waals surface area (Å²) in [5.41, 5.74) is 0. The second kappa shape index (κ2) is 2.71. The van der Waals surface area contributed by atoms with Gasteiger partial charge in [-0.05, 0) is 12.1 Å². The Morgan fingerprint density at radius 2 is 1.92 bits per heavy atom. The number of phenolic OH excluding ortho intramolecular Hbond substituents is 1. The van der Waals surface area contributed by atoms with Crippen LogP contribution >= 0.6 is 0 Å². The summed E-state index contributed by atoms with van der Waals surface area (Å²) in [6.07, 6.45) is 0. The molecular formula is C6H4F2O3S. The van der Waals surface area contributed by atoms with Crippen LogP contribution in [0.3, 0.4) is 0 Å². The van der Waals surface area contributed by atoms with Gasteiger partial charge in [0.05, 0.1) is 0 Å². The predicted octanol–water partition coefficient (Wildman–Crippen LogP) is 1.19. The van der Waals surface area contributed by atoms with Crippen LogP contribution in [0.15, 0.2) is 23.1 Å². The molecule has 0 atom stereocenters. The molecule has 0 aliphatic rings. The van der Waals surface area contributed by atoms with Gasteiger partial charge in [0.25, 0.3) is 0 Å². The summed E-state index contributed by atoms with van der Waals surface area (Å²) in [7, 11) is -4.97. The van der Waals surface area contributed by atoms with E-state index in [9.17, 15) is 16.7 Å². The van der Waals surface area contributed by atoms with Crippen LogP contribution in [0, 0.1) is 5.82 Å². The normalized spacial score (nSPS) is 11.5. The van der Waals surface area contributed by atoms with Crippen molar-refractivity contribution in [2.24, 2.45) is 0 Å². The van der Waals surface area contributed by atoms with Gasteiger partial charge < -0.3 is 5.11 Å². The zero-order valence-corrected chi connectivity index (χ0v) is 6.48. The van der Waals surface area contributed by atoms with Crippen LogP contribution in [0.1, 0.15) is 0 Å². The molecule has 1 rings (SSSR count). The van der Waals surface area contributed by atoms with E-state index in [-0.39, 0.29) is 0 Å². The highest BCUT2D eigenvalue weighted by Crippen LogP contribution is 2.24. The summed E-state index contributed by atoms with van der Waals surface area (Å²) >= 11 is 0. The van der Waals surface area contributed by atoms with Crippen molar-refractivity contribution in [3.05, 3.63) is 24.0 Å². The van der Waals surface area contributed by atoms with E-state index in [2.05, 4.69) is 0 Å². The molecule has 12 heavy (non-hydrogen) atoms. The Balaban J connectivity index is 3.39. The average molecular weight is 194 g/mol. The smallest absolute Gasteiger partial charge is 0.335 e. The van der Waals surface area contributed by atoms with Gasteiger partial charge in [0, 0.05) is 6.07 Å². The molecule has 0 saturated heterocycles. The maximum atomic E-state index is 12.3. The van der Waals surface area contributed by atoms with Crippen LogP contribution in [0.2, 0.25) is 0 Å². The molecule has 0 amide bonds. The number of hydrogen-bond acceptors (Lipinski definition) is 3. The molecule has 1 N–H and O–H groups in total. The van der Waals surface area contributed by atoms with Crippen molar-refractivity contribution in [3.8, 4) is 5.75 Å². The quantitative estimate of drug-likeness (QED) is 0.683. The molecule has 66 valence electrons. The molecule has 0 fully saturated rings. The van der Waals surface area contributed by atoms with Crippen molar-refractivity contribution in [1.29, 1.82) is 0 Å². The van der Waals surface area contributed by atoms with E-state index >= 15 is 0 Å². The number of rotatable bonds is 1. The molecule has 0 unspecified atom stereocenters. The lowest BCUT2D eigenvalue weighted by Gasteiger charge is -1.97. The van der Waals surface area contributed by atoms with Crippen LogP contribution in [-0.4, -0.2) is 13.5 Å². The zero-order chi connectivity index (χ0) is 9.35. The van der Waals surface area contributed by atoms with Gasteiger partial charge in [-0.2, -0.15) is 8.42 Å². The topological polar surface area (TPSA) is 54.4 Å². The highest BCUT2D eigenvalue weighted by atomic mass is 32.3. The lowest BCUT2D eigenvalue weighted by atomic mass is 10.3. The van der Waals surface area contributed by atoms with Gasteiger partial charge in [-0.3, -0.25) is 0 Å². The Morgan fingerprint density at radius 1 is 1.33 bits per heavy atom. The fraction of sp³-hybridized carbons (Fsp3) is 0. The molecule has 3 nitrogen and oxygen atoms in total. The first-order valence-electron chi connectivity index (χ1n) is 2.84. The number of halogens is 2. The van der Waals surface area contributed by atoms with Crippen LogP contribution in [-0.2, 0) is 10.2 Å². The molecule has 6 heteroatoms. The molecule has 0 radical (unpaired) electrons. The molecule has 0 saturated carbocycles. The van der Waals surface area contributed by atoms with E-state index in [1.54, 1.807) is 0 Å². The van der Waals surface area contributed by atoms with Crippen molar-refractivity contribution < 1.29 is 21.8 Å². The third kappa shape index (κ3) is 1.70. The minimum Gasteiger partial charge on any atom is -0.506 e. The average Bonchev–Trinajstić information content (AvgIpc) is 1.83. The lowest BCUT2D eigenvalue weighted by Crippen LogP contribution is -1.92. The minimum atomic E-state index is -4.97. The largest absolute Gasteiger partial charge is 0.506 e. The summed E-state index contributed by atoms with van der Waals surface area (Å²) in [6.45, 7) is 0. The SMILES string of the molecule is O=S(=O)(F)c1ccc(F)cc1O. The van der Waals surface area contributed by atoms with Crippen molar-refractivity contribution in [2.75, 3.05) is 0 Å². The van der Waals surface area contributed by atoms with Gasteiger partial charge in [-0.15, -0.1) is 3.89 Å². The van der Waals surface area contributed by atoms with Crippen molar-refractivity contribution in [2.45, 2.75) is 4.90 Å². The third-order valence-electron chi connectivity index (χ3n) is 1.18. The monoisotopic (exact) mass is 194 g/mol. The summed E-state index contributed by atoms with van der Waals surface area (Å²) in [4.78, 5) is -0.927. The molecule has 0 heterocycles. The molecule has 0 spiro atoms. The van der Waals surface area contributed by atoms with Crippen LogP contribution in [0.5, 0.6) is 5.75 Å². The van der Waals surface area contributed by atoms with Gasteiger partial charge in [-0.1, -0.05) is 0 Å². The van der Waals surface area contributed by atoms with Gasteiger partial charge in [0.15, 0.2) is 0 Å². The van der Waals surface area contributed by atoms with Crippen molar-refractivity contribution >= 4 is 10.2 Å². The number of hydrogen-bond donors (Lipinski definition) is 1. The Labute approximate surface area is 67.5 Å². The Morgan fingerprint density at radius 3 is 2.33 bits per heavy atom. The van der Waals surface area contributed by atoms with E-state index in [0.717, 1.165) is 6.07 Å². The lowest BCUT2D eigenvalue weighted by molar-refractivity contribution is 0.449. The first-order chi connectivity index (χ1) is 5.41. The van der Waals surface area contributed by atoms with Crippen LogP contribution < -0.4 is 0 Å².